The molecule has 1 aliphatic heterocycles. The van der Waals surface area contributed by atoms with Crippen molar-refractivity contribution >= 4 is 0 Å². The zero-order valence-corrected chi connectivity index (χ0v) is 9.21. The minimum Gasteiger partial charge on any atom is -0.316 e. The lowest BCUT2D eigenvalue weighted by atomic mass is 9.83. The first-order valence-electron chi connectivity index (χ1n) is 6.23. The largest absolute Gasteiger partial charge is 0.316 e. The van der Waals surface area contributed by atoms with Crippen LogP contribution in [0, 0.1) is 11.8 Å². The lowest BCUT2D eigenvalue weighted by molar-refractivity contribution is 0.440. The Kier molecular flexibility index (Phi) is 2.49. The summed E-state index contributed by atoms with van der Waals surface area (Å²) in [5.41, 5.74) is 3.42. The maximum Gasteiger partial charge on any atom is 0.00207 e. The summed E-state index contributed by atoms with van der Waals surface area (Å²) in [6.45, 7) is 2.39. The minimum absolute atomic E-state index is 0.730. The summed E-state index contributed by atoms with van der Waals surface area (Å²) < 4.78 is 0. The second kappa shape index (κ2) is 3.97. The maximum atomic E-state index is 3.53. The van der Waals surface area contributed by atoms with Gasteiger partial charge in [0.2, 0.25) is 0 Å². The number of allylic oxidation sites excluding steroid dienone is 5. The fourth-order valence-corrected chi connectivity index (χ4v) is 3.25. The van der Waals surface area contributed by atoms with Gasteiger partial charge in [-0.1, -0.05) is 36.3 Å². The van der Waals surface area contributed by atoms with Crippen LogP contribution in [-0.2, 0) is 0 Å². The van der Waals surface area contributed by atoms with Crippen LogP contribution >= 0.6 is 0 Å². The minimum atomic E-state index is 0.730. The van der Waals surface area contributed by atoms with Crippen molar-refractivity contribution in [2.75, 3.05) is 13.1 Å². The van der Waals surface area contributed by atoms with Crippen molar-refractivity contribution in [2.45, 2.75) is 25.7 Å². The van der Waals surface area contributed by atoms with E-state index in [2.05, 4.69) is 29.6 Å². The first-order valence-corrected chi connectivity index (χ1v) is 6.23. The van der Waals surface area contributed by atoms with Gasteiger partial charge in [-0.05, 0) is 37.3 Å². The molecule has 0 saturated carbocycles. The van der Waals surface area contributed by atoms with Gasteiger partial charge in [0.25, 0.3) is 0 Å². The van der Waals surface area contributed by atoms with E-state index in [4.69, 9.17) is 0 Å². The van der Waals surface area contributed by atoms with Gasteiger partial charge in [0, 0.05) is 12.5 Å². The Balaban J connectivity index is 1.99. The van der Waals surface area contributed by atoms with Crippen LogP contribution in [0.5, 0.6) is 0 Å². The summed E-state index contributed by atoms with van der Waals surface area (Å²) in [6, 6.07) is 0. The van der Waals surface area contributed by atoms with Crippen molar-refractivity contribution in [3.63, 3.8) is 0 Å². The van der Waals surface area contributed by atoms with E-state index in [0.717, 1.165) is 11.8 Å². The number of hydrogen-bond acceptors (Lipinski definition) is 1. The summed E-state index contributed by atoms with van der Waals surface area (Å²) in [4.78, 5) is 0. The van der Waals surface area contributed by atoms with E-state index in [1.54, 1.807) is 11.1 Å². The molecule has 15 heavy (non-hydrogen) atoms. The van der Waals surface area contributed by atoms with Gasteiger partial charge in [-0.3, -0.25) is 0 Å². The van der Waals surface area contributed by atoms with Crippen molar-refractivity contribution in [1.82, 2.24) is 5.32 Å². The van der Waals surface area contributed by atoms with Crippen LogP contribution in [0.15, 0.2) is 35.5 Å². The monoisotopic (exact) mass is 201 g/mol. The maximum absolute atomic E-state index is 3.53. The second-order valence-electron chi connectivity index (χ2n) is 4.91. The molecule has 0 aromatic carbocycles. The summed E-state index contributed by atoms with van der Waals surface area (Å²) in [7, 11) is 0. The topological polar surface area (TPSA) is 12.0 Å². The zero-order chi connectivity index (χ0) is 10.1. The van der Waals surface area contributed by atoms with E-state index in [-0.39, 0.29) is 0 Å². The van der Waals surface area contributed by atoms with Crippen LogP contribution in [-0.4, -0.2) is 13.1 Å². The molecule has 1 saturated heterocycles. The highest BCUT2D eigenvalue weighted by atomic mass is 14.9. The van der Waals surface area contributed by atoms with E-state index in [1.807, 2.05) is 0 Å². The highest BCUT2D eigenvalue weighted by molar-refractivity contribution is 5.39. The molecule has 1 fully saturated rings. The predicted molar refractivity (Wildman–Crippen MR) is 63.6 cm³/mol. The SMILES string of the molecule is C1=CC2=C3CCNCC3CCCC2C=C1. The van der Waals surface area contributed by atoms with Gasteiger partial charge in [0.15, 0.2) is 0 Å². The van der Waals surface area contributed by atoms with Gasteiger partial charge < -0.3 is 5.32 Å². The predicted octanol–water partition coefficient (Wildman–Crippen LogP) is 2.82. The van der Waals surface area contributed by atoms with E-state index < -0.39 is 0 Å². The zero-order valence-electron chi connectivity index (χ0n) is 9.21. The highest BCUT2D eigenvalue weighted by Crippen LogP contribution is 2.38. The van der Waals surface area contributed by atoms with E-state index in [0.29, 0.717) is 0 Å². The van der Waals surface area contributed by atoms with E-state index >= 15 is 0 Å². The molecule has 0 amide bonds. The molecule has 0 aromatic heterocycles. The molecular formula is C14H19N. The Morgan fingerprint density at radius 1 is 1.20 bits per heavy atom. The molecule has 0 aromatic rings. The van der Waals surface area contributed by atoms with Crippen molar-refractivity contribution in [2.24, 2.45) is 11.8 Å². The smallest absolute Gasteiger partial charge is 0.00207 e. The normalized spacial score (nSPS) is 34.7. The standard InChI is InChI=1S/C14H19N/c1-2-7-13-11(4-1)5-3-6-12-10-15-9-8-14(12)13/h1-2,4,7,11-12,15H,3,5-6,8-10H2. The van der Waals surface area contributed by atoms with Gasteiger partial charge in [-0.25, -0.2) is 0 Å². The number of nitrogens with one attached hydrogen (secondary N) is 1. The molecule has 1 heterocycles. The molecule has 2 atom stereocenters. The molecular weight excluding hydrogens is 182 g/mol. The summed E-state index contributed by atoms with van der Waals surface area (Å²) in [5.74, 6) is 1.56. The Hall–Kier alpha value is -0.820. The Morgan fingerprint density at radius 2 is 2.20 bits per heavy atom. The molecule has 0 spiro atoms. The molecule has 1 nitrogen and oxygen atoms in total. The van der Waals surface area contributed by atoms with Crippen molar-refractivity contribution in [1.29, 1.82) is 0 Å². The number of piperidine rings is 1. The fourth-order valence-electron chi connectivity index (χ4n) is 3.25. The Morgan fingerprint density at radius 3 is 3.20 bits per heavy atom. The molecule has 0 bridgehead atoms. The molecule has 1 N–H and O–H groups in total. The van der Waals surface area contributed by atoms with Gasteiger partial charge in [0.05, 0.1) is 0 Å². The Bertz CT molecular complexity index is 335. The lowest BCUT2D eigenvalue weighted by Gasteiger charge is -2.28. The van der Waals surface area contributed by atoms with Crippen LogP contribution in [0.2, 0.25) is 0 Å². The van der Waals surface area contributed by atoms with Crippen LogP contribution in [0.25, 0.3) is 0 Å². The van der Waals surface area contributed by atoms with Crippen molar-refractivity contribution in [3.05, 3.63) is 35.5 Å². The summed E-state index contributed by atoms with van der Waals surface area (Å²) in [5, 5.41) is 3.53. The molecule has 3 rings (SSSR count). The second-order valence-corrected chi connectivity index (χ2v) is 4.91. The highest BCUT2D eigenvalue weighted by Gasteiger charge is 2.27. The average Bonchev–Trinajstić information content (AvgIpc) is 2.48. The molecule has 3 aliphatic rings. The molecule has 2 unspecified atom stereocenters. The van der Waals surface area contributed by atoms with Gasteiger partial charge in [-0.2, -0.15) is 0 Å². The third-order valence-electron chi connectivity index (χ3n) is 4.02. The van der Waals surface area contributed by atoms with Crippen LogP contribution in [0.3, 0.4) is 0 Å². The van der Waals surface area contributed by atoms with Crippen molar-refractivity contribution < 1.29 is 0 Å². The van der Waals surface area contributed by atoms with Crippen LogP contribution in [0.1, 0.15) is 25.7 Å². The average molecular weight is 201 g/mol. The van der Waals surface area contributed by atoms with E-state index in [9.17, 15) is 0 Å². The van der Waals surface area contributed by atoms with E-state index in [1.165, 1.54) is 38.8 Å². The van der Waals surface area contributed by atoms with Crippen LogP contribution < -0.4 is 5.32 Å². The molecule has 80 valence electrons. The first-order chi connectivity index (χ1) is 7.45. The quantitative estimate of drug-likeness (QED) is 0.635. The van der Waals surface area contributed by atoms with Crippen LogP contribution in [0.4, 0.5) is 0 Å². The number of fused-ring (bicyclic) bond motifs is 2. The number of rotatable bonds is 0. The summed E-state index contributed by atoms with van der Waals surface area (Å²) in [6.07, 6.45) is 14.6. The third-order valence-corrected chi connectivity index (χ3v) is 4.02. The summed E-state index contributed by atoms with van der Waals surface area (Å²) >= 11 is 0. The van der Waals surface area contributed by atoms with Gasteiger partial charge >= 0.3 is 0 Å². The number of hydrogen-bond donors (Lipinski definition) is 1. The molecule has 0 radical (unpaired) electrons. The molecule has 1 heteroatoms. The Labute approximate surface area is 91.9 Å². The third kappa shape index (κ3) is 1.69. The lowest BCUT2D eigenvalue weighted by Crippen LogP contribution is -2.32. The van der Waals surface area contributed by atoms with Gasteiger partial charge in [-0.15, -0.1) is 0 Å². The van der Waals surface area contributed by atoms with Gasteiger partial charge in [0.1, 0.15) is 0 Å². The fraction of sp³-hybridized carbons (Fsp3) is 0.571. The molecule has 2 aliphatic carbocycles. The van der Waals surface area contributed by atoms with Crippen molar-refractivity contribution in [3.8, 4) is 0 Å². The first kappa shape index (κ1) is 9.41.